The summed E-state index contributed by atoms with van der Waals surface area (Å²) in [4.78, 5) is 29.4. The fraction of sp³-hybridized carbons (Fsp3) is 0. The van der Waals surface area contributed by atoms with Gasteiger partial charge in [-0.3, -0.25) is 9.59 Å². The van der Waals surface area contributed by atoms with Gasteiger partial charge < -0.3 is 0 Å². The number of hydrogen-bond donors (Lipinski definition) is 0. The first-order valence-electron chi connectivity index (χ1n) is 6.92. The Hall–Kier alpha value is -2.84. The summed E-state index contributed by atoms with van der Waals surface area (Å²) in [6, 6.07) is 6.95. The van der Waals surface area contributed by atoms with E-state index in [0.29, 0.717) is 27.1 Å². The number of benzene rings is 2. The van der Waals surface area contributed by atoms with Crippen molar-refractivity contribution >= 4 is 62.1 Å². The number of thiocyanates is 1. The maximum Gasteiger partial charge on any atom is 0.186 e. The lowest BCUT2D eigenvalue weighted by atomic mass is 9.93. The number of nitriles is 1. The van der Waals surface area contributed by atoms with Crippen LogP contribution in [-0.4, -0.2) is 16.7 Å². The quantitative estimate of drug-likeness (QED) is 0.462. The highest BCUT2D eigenvalue weighted by atomic mass is 32.2. The predicted octanol–water partition coefficient (Wildman–Crippen LogP) is 4.23. The van der Waals surface area contributed by atoms with Crippen molar-refractivity contribution in [3.05, 3.63) is 58.7 Å². The zero-order chi connectivity index (χ0) is 16.8. The number of rotatable bonds is 2. The Balaban J connectivity index is 2.20. The maximum absolute atomic E-state index is 12.3. The van der Waals surface area contributed by atoms with Gasteiger partial charge in [-0.1, -0.05) is 12.1 Å². The molecule has 2 aromatic rings. The predicted molar refractivity (Wildman–Crippen MR) is 96.8 cm³/mol. The van der Waals surface area contributed by atoms with E-state index in [4.69, 9.17) is 17.5 Å². The fourth-order valence-electron chi connectivity index (χ4n) is 3.18. The Labute approximate surface area is 146 Å². The smallest absolute Gasteiger partial charge is 0.186 e. The Kier molecular flexibility index (Phi) is 3.29. The minimum atomic E-state index is -0.216. The van der Waals surface area contributed by atoms with Gasteiger partial charge in [0.1, 0.15) is 5.40 Å². The highest BCUT2D eigenvalue weighted by Gasteiger charge is 2.30. The average Bonchev–Trinajstić information content (AvgIpc) is 2.82. The van der Waals surface area contributed by atoms with Crippen molar-refractivity contribution < 1.29 is 9.59 Å². The first kappa shape index (κ1) is 14.7. The zero-order valence-electron chi connectivity index (χ0n) is 12.0. The van der Waals surface area contributed by atoms with Crippen molar-refractivity contribution in [1.82, 2.24) is 0 Å². The molecule has 2 aliphatic carbocycles. The van der Waals surface area contributed by atoms with Gasteiger partial charge in [-0.15, -0.1) is 0 Å². The van der Waals surface area contributed by atoms with Gasteiger partial charge in [-0.05, 0) is 53.8 Å². The van der Waals surface area contributed by atoms with Gasteiger partial charge in [0.05, 0.1) is 15.8 Å². The van der Waals surface area contributed by atoms with Crippen molar-refractivity contribution in [2.45, 2.75) is 0 Å². The molecule has 24 heavy (non-hydrogen) atoms. The van der Waals surface area contributed by atoms with Crippen molar-refractivity contribution in [3.63, 3.8) is 0 Å². The van der Waals surface area contributed by atoms with E-state index in [1.165, 1.54) is 12.2 Å². The molecule has 0 saturated carbocycles. The lowest BCUT2D eigenvalue weighted by Crippen LogP contribution is -1.99. The second-order valence-corrected chi connectivity index (χ2v) is 6.18. The molecule has 2 aromatic carbocycles. The number of thiocarbonyl (C=S) groups is 1. The molecule has 0 spiro atoms. The second kappa shape index (κ2) is 5.36. The van der Waals surface area contributed by atoms with Crippen LogP contribution in [0.1, 0.15) is 31.8 Å². The number of carbonyl (C=O) groups excluding carboxylic acids is 2. The number of carbonyl (C=O) groups is 2. The molecule has 0 atom stereocenters. The van der Waals surface area contributed by atoms with Crippen LogP contribution < -0.4 is 0 Å². The minimum absolute atomic E-state index is 0.216. The monoisotopic (exact) mass is 346 g/mol. The van der Waals surface area contributed by atoms with Crippen LogP contribution in [-0.2, 0) is 0 Å². The summed E-state index contributed by atoms with van der Waals surface area (Å²) in [5.74, 6) is -0.431. The van der Waals surface area contributed by atoms with Gasteiger partial charge in [0.2, 0.25) is 0 Å². The van der Waals surface area contributed by atoms with Gasteiger partial charge in [0, 0.05) is 27.5 Å². The largest absolute Gasteiger partial charge is 0.289 e. The number of aliphatic imine (C=N–C) groups is 1. The SMILES string of the molecule is N#CSC1=C(N=C=S)c2ccc3c4c(ccc1c24)C(=O)C=CC3=O. The molecule has 4 rings (SSSR count). The molecule has 0 bridgehead atoms. The van der Waals surface area contributed by atoms with E-state index in [-0.39, 0.29) is 11.6 Å². The lowest BCUT2D eigenvalue weighted by Gasteiger charge is -2.09. The van der Waals surface area contributed by atoms with Gasteiger partial charge in [-0.2, -0.15) is 10.3 Å². The topological polar surface area (TPSA) is 70.3 Å². The summed E-state index contributed by atoms with van der Waals surface area (Å²) in [5, 5.41) is 14.9. The summed E-state index contributed by atoms with van der Waals surface area (Å²) >= 11 is 5.71. The highest BCUT2D eigenvalue weighted by Crippen LogP contribution is 2.49. The third-order valence-electron chi connectivity index (χ3n) is 4.10. The van der Waals surface area contributed by atoms with E-state index in [1.807, 2.05) is 0 Å². The fourth-order valence-corrected chi connectivity index (χ4v) is 3.89. The average molecular weight is 346 g/mol. The van der Waals surface area contributed by atoms with Crippen LogP contribution >= 0.6 is 24.0 Å². The van der Waals surface area contributed by atoms with Gasteiger partial charge in [-0.25, -0.2) is 0 Å². The summed E-state index contributed by atoms with van der Waals surface area (Å²) < 4.78 is 0. The maximum atomic E-state index is 12.3. The number of ketones is 2. The third-order valence-corrected chi connectivity index (χ3v) is 4.90. The number of allylic oxidation sites excluding steroid dienone is 2. The molecule has 0 aromatic heterocycles. The summed E-state index contributed by atoms with van der Waals surface area (Å²) in [5.41, 5.74) is 3.03. The van der Waals surface area contributed by atoms with Crippen LogP contribution in [0.2, 0.25) is 0 Å². The Morgan fingerprint density at radius 1 is 0.917 bits per heavy atom. The van der Waals surface area contributed by atoms with Crippen LogP contribution in [0.25, 0.3) is 21.4 Å². The molecule has 0 amide bonds. The highest BCUT2D eigenvalue weighted by molar-refractivity contribution is 8.12. The molecule has 0 unspecified atom stereocenters. The van der Waals surface area contributed by atoms with Crippen LogP contribution in [0.4, 0.5) is 0 Å². The van der Waals surface area contributed by atoms with Gasteiger partial charge in [0.25, 0.3) is 0 Å². The molecule has 0 fully saturated rings. The van der Waals surface area contributed by atoms with Crippen LogP contribution in [0, 0.1) is 10.7 Å². The van der Waals surface area contributed by atoms with Gasteiger partial charge in [0.15, 0.2) is 11.6 Å². The van der Waals surface area contributed by atoms with Crippen molar-refractivity contribution in [2.24, 2.45) is 4.99 Å². The van der Waals surface area contributed by atoms with Crippen molar-refractivity contribution in [3.8, 4) is 5.40 Å². The molecule has 2 aliphatic rings. The minimum Gasteiger partial charge on any atom is -0.289 e. The molecule has 0 aliphatic heterocycles. The first-order valence-corrected chi connectivity index (χ1v) is 8.15. The van der Waals surface area contributed by atoms with Crippen LogP contribution in [0.15, 0.2) is 41.4 Å². The van der Waals surface area contributed by atoms with Gasteiger partial charge >= 0.3 is 0 Å². The molecule has 4 nitrogen and oxygen atoms in total. The van der Waals surface area contributed by atoms with E-state index in [2.05, 4.69) is 15.6 Å². The summed E-state index contributed by atoms with van der Waals surface area (Å²) in [7, 11) is 0. The molecular formula is C18H6N2O2S2. The number of nitrogens with zero attached hydrogens (tertiary/aromatic N) is 2. The van der Waals surface area contributed by atoms with E-state index in [9.17, 15) is 9.59 Å². The number of thioether (sulfide) groups is 1. The number of hydrogen-bond acceptors (Lipinski definition) is 6. The Morgan fingerprint density at radius 3 is 2.04 bits per heavy atom. The van der Waals surface area contributed by atoms with E-state index < -0.39 is 0 Å². The third kappa shape index (κ3) is 1.87. The van der Waals surface area contributed by atoms with Crippen molar-refractivity contribution in [1.29, 1.82) is 5.26 Å². The lowest BCUT2D eigenvalue weighted by molar-refractivity contribution is 0.102. The molecule has 6 heteroatoms. The normalized spacial score (nSPS) is 14.6. The van der Waals surface area contributed by atoms with E-state index >= 15 is 0 Å². The summed E-state index contributed by atoms with van der Waals surface area (Å²) in [6.45, 7) is 0. The van der Waals surface area contributed by atoms with E-state index in [1.54, 1.807) is 24.3 Å². The second-order valence-electron chi connectivity index (χ2n) is 5.21. The van der Waals surface area contributed by atoms with E-state index in [0.717, 1.165) is 28.3 Å². The standard InChI is InChI=1S/C18H6N2O2S2/c19-7-24-18-12-4-2-10-14(22)6-5-13(21)9-1-3-11(16(12)15(9)10)17(18)20-8-23/h1-6H. The molecular weight excluding hydrogens is 340 g/mol. The Bertz CT molecular complexity index is 1110. The van der Waals surface area contributed by atoms with Crippen LogP contribution in [0.5, 0.6) is 0 Å². The number of isothiocyanates is 1. The van der Waals surface area contributed by atoms with Crippen LogP contribution in [0.3, 0.4) is 0 Å². The molecule has 0 N–H and O–H groups in total. The molecule has 112 valence electrons. The molecule has 0 saturated heterocycles. The zero-order valence-corrected chi connectivity index (χ0v) is 13.6. The van der Waals surface area contributed by atoms with Crippen molar-refractivity contribution in [2.75, 3.05) is 0 Å². The first-order chi connectivity index (χ1) is 11.7. The summed E-state index contributed by atoms with van der Waals surface area (Å²) in [6.07, 6.45) is 2.59. The Morgan fingerprint density at radius 2 is 1.46 bits per heavy atom. The molecule has 0 heterocycles. The molecule has 0 radical (unpaired) electrons.